The molecule has 1 saturated carbocycles. The minimum Gasteiger partial charge on any atom is -0.464 e. The molecule has 0 N–H and O–H groups in total. The van der Waals surface area contributed by atoms with Gasteiger partial charge in [0.15, 0.2) is 11.8 Å². The van der Waals surface area contributed by atoms with Gasteiger partial charge in [-0.1, -0.05) is 57.5 Å². The number of hydrogen-bond acceptors (Lipinski definition) is 8. The van der Waals surface area contributed by atoms with E-state index < -0.39 is 28.3 Å². The second-order valence-electron chi connectivity index (χ2n) is 15.8. The number of aromatic nitrogens is 5. The lowest BCUT2D eigenvalue weighted by molar-refractivity contribution is -0.151. The Morgan fingerprint density at radius 2 is 1.58 bits per heavy atom. The number of hydrogen-bond donors (Lipinski definition) is 0. The van der Waals surface area contributed by atoms with Crippen LogP contribution in [-0.4, -0.2) is 85.9 Å². The molecule has 50 heavy (non-hydrogen) atoms. The van der Waals surface area contributed by atoms with Crippen molar-refractivity contribution in [2.75, 3.05) is 38.2 Å². The molecule has 0 spiro atoms. The van der Waals surface area contributed by atoms with E-state index in [0.29, 0.717) is 39.5 Å². The Labute approximate surface area is 298 Å². The second-order valence-corrected chi connectivity index (χ2v) is 27.1. The summed E-state index contributed by atoms with van der Waals surface area (Å²) in [7, 11) is -2.56. The maximum absolute atomic E-state index is 15.0. The van der Waals surface area contributed by atoms with E-state index in [2.05, 4.69) is 55.3 Å². The Hall–Kier alpha value is -3.40. The van der Waals surface area contributed by atoms with Crippen molar-refractivity contribution in [2.24, 2.45) is 5.92 Å². The van der Waals surface area contributed by atoms with Gasteiger partial charge in [0.1, 0.15) is 19.3 Å². The molecule has 1 aliphatic rings. The average molecular weight is 723 g/mol. The van der Waals surface area contributed by atoms with Gasteiger partial charge in [-0.05, 0) is 56.8 Å². The largest absolute Gasteiger partial charge is 0.464 e. The fraction of sp³-hybridized carbons (Fsp3) is 0.568. The fourth-order valence-electron chi connectivity index (χ4n) is 6.18. The predicted molar refractivity (Wildman–Crippen MR) is 202 cm³/mol. The summed E-state index contributed by atoms with van der Waals surface area (Å²) in [4.78, 5) is 19.5. The Balaban J connectivity index is 1.49. The molecular formula is C37H55FN6O4Si2. The summed E-state index contributed by atoms with van der Waals surface area (Å²) in [6.07, 6.45) is 6.72. The lowest BCUT2D eigenvalue weighted by Crippen LogP contribution is -2.33. The van der Waals surface area contributed by atoms with Crippen LogP contribution in [0.5, 0.6) is 0 Å². The number of halogens is 1. The number of nitrogens with zero attached hydrogens (tertiary/aromatic N) is 6. The van der Waals surface area contributed by atoms with Crippen molar-refractivity contribution in [1.29, 1.82) is 0 Å². The standard InChI is InChI=1S/C37H55FN6O4Si2/c1-8-48-37(45)35(38)29-16-14-28(15-17-29)33-22-34(42(26-46-18-20-49(2,3)4)27-47-19-21-50(5,6)7)44-36(41-33)32(24-40-44)30-23-39-43(25-30)31-12-10-9-11-13-31/h9-13,22-25,28-29,35H,8,14-21,26-27H2,1-7H3. The summed E-state index contributed by atoms with van der Waals surface area (Å²) in [5.41, 5.74) is 4.38. The number of anilines is 1. The maximum atomic E-state index is 15.0. The fourth-order valence-corrected chi connectivity index (χ4v) is 7.70. The number of fused-ring (bicyclic) bond motifs is 1. The Morgan fingerprint density at radius 1 is 0.940 bits per heavy atom. The summed E-state index contributed by atoms with van der Waals surface area (Å²) >= 11 is 0. The normalized spacial score (nSPS) is 17.6. The Morgan fingerprint density at radius 3 is 2.18 bits per heavy atom. The molecule has 0 radical (unpaired) electrons. The zero-order chi connectivity index (χ0) is 35.9. The summed E-state index contributed by atoms with van der Waals surface area (Å²) in [5.74, 6) is -0.165. The number of rotatable bonds is 17. The Kier molecular flexibility index (Phi) is 12.7. The predicted octanol–water partition coefficient (Wildman–Crippen LogP) is 8.19. The van der Waals surface area contributed by atoms with Crippen molar-refractivity contribution in [3.63, 3.8) is 0 Å². The average Bonchev–Trinajstić information content (AvgIpc) is 3.74. The van der Waals surface area contributed by atoms with Gasteiger partial charge in [-0.15, -0.1) is 0 Å². The van der Waals surface area contributed by atoms with E-state index >= 15 is 4.39 Å². The van der Waals surface area contributed by atoms with E-state index in [-0.39, 0.29) is 18.4 Å². The zero-order valence-electron chi connectivity index (χ0n) is 30.9. The first kappa shape index (κ1) is 37.8. The molecule has 0 amide bonds. The molecule has 3 heterocycles. The number of alkyl halides is 1. The molecular weight excluding hydrogens is 668 g/mol. The highest BCUT2D eigenvalue weighted by atomic mass is 28.3. The molecule has 1 atom stereocenters. The van der Waals surface area contributed by atoms with Crippen molar-refractivity contribution in [3.05, 3.63) is 60.7 Å². The van der Waals surface area contributed by atoms with E-state index in [9.17, 15) is 4.79 Å². The van der Waals surface area contributed by atoms with Crippen LogP contribution in [0.3, 0.4) is 0 Å². The molecule has 5 rings (SSSR count). The molecule has 1 fully saturated rings. The third kappa shape index (κ3) is 10.1. The first-order chi connectivity index (χ1) is 23.8. The maximum Gasteiger partial charge on any atom is 0.341 e. The van der Waals surface area contributed by atoms with Crippen LogP contribution in [0.15, 0.2) is 55.0 Å². The summed E-state index contributed by atoms with van der Waals surface area (Å²) in [6.45, 7) is 18.1. The molecule has 1 unspecified atom stereocenters. The molecule has 1 aliphatic carbocycles. The van der Waals surface area contributed by atoms with E-state index in [1.54, 1.807) is 6.92 Å². The molecule has 272 valence electrons. The van der Waals surface area contributed by atoms with E-state index in [1.807, 2.05) is 58.1 Å². The van der Waals surface area contributed by atoms with E-state index in [0.717, 1.165) is 58.9 Å². The molecule has 10 nitrogen and oxygen atoms in total. The van der Waals surface area contributed by atoms with Crippen LogP contribution in [-0.2, 0) is 19.0 Å². The van der Waals surface area contributed by atoms with Gasteiger partial charge in [-0.2, -0.15) is 14.7 Å². The van der Waals surface area contributed by atoms with Crippen LogP contribution in [0.4, 0.5) is 10.2 Å². The van der Waals surface area contributed by atoms with E-state index in [1.165, 1.54) is 0 Å². The topological polar surface area (TPSA) is 96.0 Å². The van der Waals surface area contributed by atoms with Gasteiger partial charge >= 0.3 is 5.97 Å². The summed E-state index contributed by atoms with van der Waals surface area (Å²) in [5, 5.41) is 9.51. The van der Waals surface area contributed by atoms with Gasteiger partial charge in [0.25, 0.3) is 0 Å². The smallest absolute Gasteiger partial charge is 0.341 e. The van der Waals surface area contributed by atoms with Crippen LogP contribution in [0.1, 0.15) is 44.2 Å². The third-order valence-electron chi connectivity index (χ3n) is 9.31. The van der Waals surface area contributed by atoms with Crippen LogP contribution in [0, 0.1) is 5.92 Å². The first-order valence-electron chi connectivity index (χ1n) is 18.0. The minimum atomic E-state index is -1.60. The summed E-state index contributed by atoms with van der Waals surface area (Å²) < 4.78 is 36.4. The molecule has 0 bridgehead atoms. The van der Waals surface area contributed by atoms with Crippen molar-refractivity contribution >= 4 is 33.6 Å². The molecule has 1 aromatic carbocycles. The number of esters is 1. The second kappa shape index (κ2) is 16.7. The SMILES string of the molecule is CCOC(=O)C(F)C1CCC(c2cc(N(COCC[Si](C)(C)C)COCC[Si](C)(C)C)n3ncc(-c4cnn(-c5ccccc5)c4)c3n2)CC1. The van der Waals surface area contributed by atoms with Gasteiger partial charge < -0.3 is 19.1 Å². The zero-order valence-corrected chi connectivity index (χ0v) is 32.9. The molecule has 13 heteroatoms. The number of benzene rings is 1. The number of ether oxygens (including phenoxy) is 3. The highest BCUT2D eigenvalue weighted by Crippen LogP contribution is 2.39. The lowest BCUT2D eigenvalue weighted by Gasteiger charge is -2.31. The van der Waals surface area contributed by atoms with E-state index in [4.69, 9.17) is 24.3 Å². The van der Waals surface area contributed by atoms with Crippen molar-refractivity contribution < 1.29 is 23.4 Å². The van der Waals surface area contributed by atoms with Gasteiger partial charge in [0.05, 0.1) is 24.7 Å². The highest BCUT2D eigenvalue weighted by molar-refractivity contribution is 6.76. The molecule has 4 aromatic rings. The number of carbonyl (C=O) groups excluding carboxylic acids is 1. The quantitative estimate of drug-likeness (QED) is 0.0466. The van der Waals surface area contributed by atoms with Gasteiger partial charge in [0, 0.05) is 70.3 Å². The van der Waals surface area contributed by atoms with Gasteiger partial charge in [0.2, 0.25) is 0 Å². The molecule has 3 aromatic heterocycles. The monoisotopic (exact) mass is 722 g/mol. The number of para-hydroxylation sites is 1. The van der Waals surface area contributed by atoms with Crippen LogP contribution in [0.2, 0.25) is 51.4 Å². The minimum absolute atomic E-state index is 0.0988. The Bertz CT molecular complexity index is 1660. The lowest BCUT2D eigenvalue weighted by atomic mass is 9.78. The van der Waals surface area contributed by atoms with Crippen molar-refractivity contribution in [1.82, 2.24) is 24.4 Å². The highest BCUT2D eigenvalue weighted by Gasteiger charge is 2.34. The first-order valence-corrected chi connectivity index (χ1v) is 25.4. The van der Waals surface area contributed by atoms with Gasteiger partial charge in [-0.3, -0.25) is 0 Å². The van der Waals surface area contributed by atoms with Crippen molar-refractivity contribution in [3.8, 4) is 16.8 Å². The molecule has 0 aliphatic heterocycles. The summed E-state index contributed by atoms with van der Waals surface area (Å²) in [6, 6.07) is 14.2. The van der Waals surface area contributed by atoms with Crippen LogP contribution < -0.4 is 4.90 Å². The number of carbonyl (C=O) groups is 1. The van der Waals surface area contributed by atoms with Gasteiger partial charge in [-0.25, -0.2) is 18.9 Å². The molecule has 0 saturated heterocycles. The van der Waals surface area contributed by atoms with Crippen LogP contribution in [0.25, 0.3) is 22.5 Å². The van der Waals surface area contributed by atoms with Crippen LogP contribution >= 0.6 is 0 Å². The van der Waals surface area contributed by atoms with Crippen molar-refractivity contribution in [2.45, 2.75) is 96.1 Å². The third-order valence-corrected chi connectivity index (χ3v) is 12.7.